The molecule has 0 saturated carbocycles. The SMILES string of the molecule is Cc1cc(OC(C)(C)C(=O)O)ccc1C(C)NC(=O)c1sc(-c2ccc(C(F)(F)F)cc2)nc1C. The molecule has 0 aliphatic carbocycles. The molecule has 0 fully saturated rings. The number of aliphatic carboxylic acids is 1. The molecule has 35 heavy (non-hydrogen) atoms. The summed E-state index contributed by atoms with van der Waals surface area (Å²) in [6.07, 6.45) is -4.42. The molecule has 186 valence electrons. The minimum absolute atomic E-state index is 0.350. The normalized spacial score (nSPS) is 12.8. The molecule has 1 aromatic heterocycles. The highest BCUT2D eigenvalue weighted by atomic mass is 32.1. The number of carboxylic acid groups (broad SMARTS) is 1. The van der Waals surface area contributed by atoms with Crippen molar-refractivity contribution in [2.45, 2.75) is 52.4 Å². The summed E-state index contributed by atoms with van der Waals surface area (Å²) >= 11 is 1.11. The lowest BCUT2D eigenvalue weighted by molar-refractivity contribution is -0.152. The Labute approximate surface area is 204 Å². The summed E-state index contributed by atoms with van der Waals surface area (Å²) in [5.74, 6) is -1.04. The van der Waals surface area contributed by atoms with Gasteiger partial charge in [-0.2, -0.15) is 13.2 Å². The number of aryl methyl sites for hydroxylation is 2. The maximum atomic E-state index is 12.9. The van der Waals surface area contributed by atoms with Crippen LogP contribution in [0.25, 0.3) is 10.6 Å². The number of thiazole rings is 1. The molecule has 10 heteroatoms. The Bertz CT molecular complexity index is 1250. The van der Waals surface area contributed by atoms with Crippen LogP contribution in [0.4, 0.5) is 13.2 Å². The Balaban J connectivity index is 1.74. The number of ether oxygens (including phenoxy) is 1. The Hall–Kier alpha value is -3.40. The predicted molar refractivity (Wildman–Crippen MR) is 127 cm³/mol. The number of nitrogens with one attached hydrogen (secondary N) is 1. The fraction of sp³-hybridized carbons (Fsp3) is 0.320. The smallest absolute Gasteiger partial charge is 0.416 e. The van der Waals surface area contributed by atoms with Gasteiger partial charge in [-0.3, -0.25) is 4.79 Å². The maximum absolute atomic E-state index is 12.9. The number of halogens is 3. The van der Waals surface area contributed by atoms with Crippen LogP contribution in [-0.4, -0.2) is 27.6 Å². The molecule has 2 aromatic carbocycles. The number of carbonyl (C=O) groups is 2. The van der Waals surface area contributed by atoms with Crippen molar-refractivity contribution in [3.63, 3.8) is 0 Å². The predicted octanol–water partition coefficient (Wildman–Crippen LogP) is 6.18. The molecule has 6 nitrogen and oxygen atoms in total. The summed E-state index contributed by atoms with van der Waals surface area (Å²) in [5.41, 5.74) is 0.467. The van der Waals surface area contributed by atoms with Crippen molar-refractivity contribution in [1.82, 2.24) is 10.3 Å². The molecule has 1 atom stereocenters. The molecule has 0 aliphatic rings. The third-order valence-electron chi connectivity index (χ3n) is 5.41. The summed E-state index contributed by atoms with van der Waals surface area (Å²) in [4.78, 5) is 29.0. The molecule has 0 spiro atoms. The molecule has 1 amide bonds. The molecular weight excluding hydrogens is 481 g/mol. The van der Waals surface area contributed by atoms with Crippen LogP contribution in [0, 0.1) is 13.8 Å². The fourth-order valence-electron chi connectivity index (χ4n) is 3.41. The minimum atomic E-state index is -4.42. The zero-order valence-electron chi connectivity index (χ0n) is 19.8. The number of hydrogen-bond acceptors (Lipinski definition) is 5. The van der Waals surface area contributed by atoms with E-state index in [0.29, 0.717) is 26.9 Å². The molecule has 0 saturated heterocycles. The van der Waals surface area contributed by atoms with E-state index in [2.05, 4.69) is 10.3 Å². The molecule has 1 unspecified atom stereocenters. The van der Waals surface area contributed by atoms with E-state index in [4.69, 9.17) is 4.74 Å². The highest BCUT2D eigenvalue weighted by Gasteiger charge is 2.31. The lowest BCUT2D eigenvalue weighted by Crippen LogP contribution is -2.37. The van der Waals surface area contributed by atoms with E-state index in [1.807, 2.05) is 13.8 Å². The first-order chi connectivity index (χ1) is 16.2. The van der Waals surface area contributed by atoms with Crippen LogP contribution in [0.2, 0.25) is 0 Å². The standard InChI is InChI=1S/C25H25F3N2O4S/c1-13-12-18(34-24(4,5)23(32)33)10-11-19(13)14(2)29-21(31)20-15(3)30-22(35-20)16-6-8-17(9-7-16)25(26,27)28/h6-12,14H,1-5H3,(H,29,31)(H,32,33). The summed E-state index contributed by atoms with van der Waals surface area (Å²) < 4.78 is 44.0. The van der Waals surface area contributed by atoms with Gasteiger partial charge in [0.1, 0.15) is 15.6 Å². The zero-order chi connectivity index (χ0) is 26.1. The number of hydrogen-bond donors (Lipinski definition) is 2. The van der Waals surface area contributed by atoms with Gasteiger partial charge < -0.3 is 15.2 Å². The van der Waals surface area contributed by atoms with Gasteiger partial charge in [-0.05, 0) is 70.0 Å². The topological polar surface area (TPSA) is 88.5 Å². The first-order valence-corrected chi connectivity index (χ1v) is 11.5. The molecule has 0 aliphatic heterocycles. The van der Waals surface area contributed by atoms with Crippen molar-refractivity contribution in [2.75, 3.05) is 0 Å². The zero-order valence-corrected chi connectivity index (χ0v) is 20.6. The quantitative estimate of drug-likeness (QED) is 0.400. The van der Waals surface area contributed by atoms with Gasteiger partial charge in [0.2, 0.25) is 0 Å². The van der Waals surface area contributed by atoms with Crippen LogP contribution in [0.1, 0.15) is 58.9 Å². The summed E-state index contributed by atoms with van der Waals surface area (Å²) in [6.45, 7) is 8.23. The highest BCUT2D eigenvalue weighted by molar-refractivity contribution is 7.17. The number of nitrogens with zero attached hydrogens (tertiary/aromatic N) is 1. The summed E-state index contributed by atoms with van der Waals surface area (Å²) in [7, 11) is 0. The van der Waals surface area contributed by atoms with Gasteiger partial charge in [-0.25, -0.2) is 9.78 Å². The van der Waals surface area contributed by atoms with Gasteiger partial charge in [0, 0.05) is 5.56 Å². The molecule has 3 aromatic rings. The number of benzene rings is 2. The second-order valence-corrected chi connectivity index (χ2v) is 9.64. The Morgan fingerprint density at radius 2 is 1.71 bits per heavy atom. The van der Waals surface area contributed by atoms with E-state index in [-0.39, 0.29) is 11.9 Å². The number of rotatable bonds is 7. The lowest BCUT2D eigenvalue weighted by atomic mass is 10.0. The van der Waals surface area contributed by atoms with Crippen molar-refractivity contribution < 1.29 is 32.6 Å². The first kappa shape index (κ1) is 26.2. The second kappa shape index (κ2) is 9.69. The fourth-order valence-corrected chi connectivity index (χ4v) is 4.38. The summed E-state index contributed by atoms with van der Waals surface area (Å²) in [6, 6.07) is 9.40. The number of alkyl halides is 3. The number of aromatic nitrogens is 1. The van der Waals surface area contributed by atoms with E-state index in [1.54, 1.807) is 25.1 Å². The molecule has 0 radical (unpaired) electrons. The van der Waals surface area contributed by atoms with E-state index >= 15 is 0 Å². The largest absolute Gasteiger partial charge is 0.478 e. The third kappa shape index (κ3) is 6.00. The number of carbonyl (C=O) groups excluding carboxylic acids is 1. The van der Waals surface area contributed by atoms with Crippen molar-refractivity contribution in [3.05, 3.63) is 69.7 Å². The van der Waals surface area contributed by atoms with Gasteiger partial charge in [-0.15, -0.1) is 11.3 Å². The van der Waals surface area contributed by atoms with Crippen LogP contribution < -0.4 is 10.1 Å². The van der Waals surface area contributed by atoms with Gasteiger partial charge in [0.15, 0.2) is 5.60 Å². The molecule has 2 N–H and O–H groups in total. The van der Waals surface area contributed by atoms with Crippen molar-refractivity contribution in [2.24, 2.45) is 0 Å². The van der Waals surface area contributed by atoms with Crippen LogP contribution in [-0.2, 0) is 11.0 Å². The van der Waals surface area contributed by atoms with Crippen LogP contribution in [0.15, 0.2) is 42.5 Å². The lowest BCUT2D eigenvalue weighted by Gasteiger charge is -2.23. The van der Waals surface area contributed by atoms with Crippen LogP contribution in [0.3, 0.4) is 0 Å². The molecule has 1 heterocycles. The Kier molecular flexibility index (Phi) is 7.26. The van der Waals surface area contributed by atoms with Crippen molar-refractivity contribution >= 4 is 23.2 Å². The van der Waals surface area contributed by atoms with E-state index in [9.17, 15) is 27.9 Å². The Morgan fingerprint density at radius 3 is 2.26 bits per heavy atom. The summed E-state index contributed by atoms with van der Waals surface area (Å²) in [5, 5.41) is 12.6. The molecule has 3 rings (SSSR count). The Morgan fingerprint density at radius 1 is 1.09 bits per heavy atom. The van der Waals surface area contributed by atoms with E-state index < -0.39 is 23.3 Å². The second-order valence-electron chi connectivity index (χ2n) is 8.64. The van der Waals surface area contributed by atoms with Crippen molar-refractivity contribution in [3.8, 4) is 16.3 Å². The van der Waals surface area contributed by atoms with Crippen molar-refractivity contribution in [1.29, 1.82) is 0 Å². The van der Waals surface area contributed by atoms with E-state index in [1.165, 1.54) is 26.0 Å². The minimum Gasteiger partial charge on any atom is -0.478 e. The average molecular weight is 507 g/mol. The highest BCUT2D eigenvalue weighted by Crippen LogP contribution is 2.33. The van der Waals surface area contributed by atoms with Gasteiger partial charge in [0.25, 0.3) is 5.91 Å². The average Bonchev–Trinajstić information content (AvgIpc) is 3.14. The maximum Gasteiger partial charge on any atom is 0.416 e. The monoisotopic (exact) mass is 506 g/mol. The van der Waals surface area contributed by atoms with Gasteiger partial charge in [-0.1, -0.05) is 18.2 Å². The third-order valence-corrected chi connectivity index (χ3v) is 6.61. The number of amides is 1. The first-order valence-electron chi connectivity index (χ1n) is 10.7. The van der Waals surface area contributed by atoms with Crippen LogP contribution in [0.5, 0.6) is 5.75 Å². The van der Waals surface area contributed by atoms with Crippen LogP contribution >= 0.6 is 11.3 Å². The van der Waals surface area contributed by atoms with E-state index in [0.717, 1.165) is 34.6 Å². The molecular formula is C25H25F3N2O4S. The van der Waals surface area contributed by atoms with Gasteiger partial charge in [0.05, 0.1) is 17.3 Å². The van der Waals surface area contributed by atoms with Gasteiger partial charge >= 0.3 is 12.1 Å². The molecule has 0 bridgehead atoms. The number of carboxylic acids is 1.